The molecule has 0 unspecified atom stereocenters. The number of nitrogens with zero attached hydrogens (tertiary/aromatic N) is 3. The second kappa shape index (κ2) is 8.70. The molecule has 4 rings (SSSR count). The highest BCUT2D eigenvalue weighted by Gasteiger charge is 2.24. The Balaban J connectivity index is 1.72. The summed E-state index contributed by atoms with van der Waals surface area (Å²) in [6.07, 6.45) is 2.58. The van der Waals surface area contributed by atoms with Crippen molar-refractivity contribution in [3.63, 3.8) is 0 Å². The minimum Gasteiger partial charge on any atom is -0.497 e. The summed E-state index contributed by atoms with van der Waals surface area (Å²) in [5, 5.41) is 6.53. The summed E-state index contributed by atoms with van der Waals surface area (Å²) in [7, 11) is 1.43. The van der Waals surface area contributed by atoms with Gasteiger partial charge in [0.15, 0.2) is 0 Å². The first-order valence-corrected chi connectivity index (χ1v) is 9.20. The molecule has 9 heteroatoms. The molecule has 0 fully saturated rings. The maximum absolute atomic E-state index is 14.7. The number of aromatic nitrogens is 3. The molecule has 2 aromatic carbocycles. The number of ether oxygens (including phenoxy) is 1. The van der Waals surface area contributed by atoms with Crippen molar-refractivity contribution in [3.05, 3.63) is 78.3 Å². The second-order valence-corrected chi connectivity index (χ2v) is 6.49. The minimum atomic E-state index is -0.591. The zero-order chi connectivity index (χ0) is 21.8. The van der Waals surface area contributed by atoms with E-state index in [1.807, 2.05) is 0 Å². The van der Waals surface area contributed by atoms with Crippen molar-refractivity contribution in [2.45, 2.75) is 6.42 Å². The molecule has 0 aliphatic heterocycles. The Kier molecular flexibility index (Phi) is 5.65. The van der Waals surface area contributed by atoms with E-state index in [0.717, 1.165) is 0 Å². The molecule has 0 aliphatic carbocycles. The topological polar surface area (TPSA) is 90.1 Å². The van der Waals surface area contributed by atoms with Gasteiger partial charge in [0.05, 0.1) is 24.8 Å². The molecule has 0 spiro atoms. The van der Waals surface area contributed by atoms with Crippen LogP contribution in [0.5, 0.6) is 5.75 Å². The van der Waals surface area contributed by atoms with Crippen LogP contribution >= 0.6 is 0 Å². The fourth-order valence-corrected chi connectivity index (χ4v) is 3.04. The van der Waals surface area contributed by atoms with Crippen LogP contribution in [-0.2, 0) is 11.2 Å². The van der Waals surface area contributed by atoms with Crippen LogP contribution in [0.25, 0.3) is 22.5 Å². The minimum absolute atomic E-state index is 0.0368. The molecular weight excluding hydrogens is 406 g/mol. The van der Waals surface area contributed by atoms with Gasteiger partial charge in [-0.05, 0) is 29.8 Å². The first-order chi connectivity index (χ1) is 15.1. The van der Waals surface area contributed by atoms with Gasteiger partial charge in [-0.2, -0.15) is 0 Å². The summed E-state index contributed by atoms with van der Waals surface area (Å²) >= 11 is 0. The van der Waals surface area contributed by atoms with Gasteiger partial charge >= 0.3 is 0 Å². The summed E-state index contributed by atoms with van der Waals surface area (Å²) in [5.41, 5.74) is 1.13. The van der Waals surface area contributed by atoms with Gasteiger partial charge in [-0.1, -0.05) is 23.4 Å². The van der Waals surface area contributed by atoms with Crippen molar-refractivity contribution < 1.29 is 22.8 Å². The van der Waals surface area contributed by atoms with E-state index in [1.54, 1.807) is 18.2 Å². The van der Waals surface area contributed by atoms with Crippen molar-refractivity contribution in [1.29, 1.82) is 0 Å². The van der Waals surface area contributed by atoms with Crippen LogP contribution in [0.4, 0.5) is 14.7 Å². The third-order valence-electron chi connectivity index (χ3n) is 4.52. The first-order valence-electron chi connectivity index (χ1n) is 9.20. The Bertz CT molecular complexity index is 1230. The normalized spacial score (nSPS) is 10.7. The summed E-state index contributed by atoms with van der Waals surface area (Å²) in [6, 6.07) is 11.8. The molecule has 0 saturated carbocycles. The highest BCUT2D eigenvalue weighted by atomic mass is 19.1. The molecule has 0 saturated heterocycles. The van der Waals surface area contributed by atoms with Crippen LogP contribution in [0.3, 0.4) is 0 Å². The molecule has 4 aromatic rings. The van der Waals surface area contributed by atoms with E-state index in [1.165, 1.54) is 50.0 Å². The van der Waals surface area contributed by atoms with E-state index in [-0.39, 0.29) is 34.7 Å². The molecular formula is C22H16F2N4O3. The van der Waals surface area contributed by atoms with Gasteiger partial charge in [-0.15, -0.1) is 0 Å². The molecule has 2 heterocycles. The van der Waals surface area contributed by atoms with E-state index >= 15 is 0 Å². The predicted octanol–water partition coefficient (Wildman–Crippen LogP) is 4.27. The molecule has 7 nitrogen and oxygen atoms in total. The lowest BCUT2D eigenvalue weighted by atomic mass is 10.0. The Morgan fingerprint density at radius 1 is 1.13 bits per heavy atom. The number of carbonyl (C=O) groups excluding carboxylic acids is 1. The maximum atomic E-state index is 14.7. The average molecular weight is 422 g/mol. The van der Waals surface area contributed by atoms with E-state index in [9.17, 15) is 13.6 Å². The number of nitrogens with one attached hydrogen (secondary N) is 1. The van der Waals surface area contributed by atoms with Crippen molar-refractivity contribution >= 4 is 11.8 Å². The third-order valence-corrected chi connectivity index (χ3v) is 4.52. The fourth-order valence-electron chi connectivity index (χ4n) is 3.04. The van der Waals surface area contributed by atoms with E-state index in [2.05, 4.69) is 20.4 Å². The van der Waals surface area contributed by atoms with Crippen LogP contribution in [0, 0.1) is 11.6 Å². The average Bonchev–Trinajstić information content (AvgIpc) is 3.18. The number of rotatable bonds is 6. The SMILES string of the molecule is COc1ccc(-c2noc(NC(=O)Cc3ccccc3F)c2-c2ccncn2)c(F)c1. The number of carbonyl (C=O) groups is 1. The van der Waals surface area contributed by atoms with Gasteiger partial charge in [-0.3, -0.25) is 10.1 Å². The van der Waals surface area contributed by atoms with Gasteiger partial charge in [0.1, 0.15) is 29.4 Å². The van der Waals surface area contributed by atoms with Crippen molar-refractivity contribution in [1.82, 2.24) is 15.1 Å². The summed E-state index contributed by atoms with van der Waals surface area (Å²) in [5.74, 6) is -1.31. The van der Waals surface area contributed by atoms with Crippen LogP contribution < -0.4 is 10.1 Å². The molecule has 0 atom stereocenters. The lowest BCUT2D eigenvalue weighted by Crippen LogP contribution is -2.15. The second-order valence-electron chi connectivity index (χ2n) is 6.49. The lowest BCUT2D eigenvalue weighted by Gasteiger charge is -2.07. The highest BCUT2D eigenvalue weighted by molar-refractivity contribution is 5.97. The molecule has 156 valence electrons. The number of amides is 1. The van der Waals surface area contributed by atoms with Crippen LogP contribution in [0.1, 0.15) is 5.56 Å². The predicted molar refractivity (Wildman–Crippen MR) is 108 cm³/mol. The van der Waals surface area contributed by atoms with Gasteiger partial charge in [0, 0.05) is 17.8 Å². The number of hydrogen-bond donors (Lipinski definition) is 1. The monoisotopic (exact) mass is 422 g/mol. The molecule has 0 bridgehead atoms. The molecule has 31 heavy (non-hydrogen) atoms. The molecule has 0 radical (unpaired) electrons. The van der Waals surface area contributed by atoms with Crippen LogP contribution in [-0.4, -0.2) is 28.1 Å². The van der Waals surface area contributed by atoms with E-state index in [4.69, 9.17) is 9.26 Å². The largest absolute Gasteiger partial charge is 0.497 e. The zero-order valence-corrected chi connectivity index (χ0v) is 16.3. The van der Waals surface area contributed by atoms with Crippen LogP contribution in [0.15, 0.2) is 65.6 Å². The Morgan fingerprint density at radius 3 is 2.68 bits per heavy atom. The van der Waals surface area contributed by atoms with Gasteiger partial charge < -0.3 is 9.26 Å². The van der Waals surface area contributed by atoms with E-state index in [0.29, 0.717) is 11.4 Å². The molecule has 2 aromatic heterocycles. The number of methoxy groups -OCH3 is 1. The summed E-state index contributed by atoms with van der Waals surface area (Å²) in [4.78, 5) is 20.6. The van der Waals surface area contributed by atoms with Gasteiger partial charge in [0.25, 0.3) is 0 Å². The van der Waals surface area contributed by atoms with Crippen molar-refractivity contribution in [3.8, 4) is 28.3 Å². The smallest absolute Gasteiger partial charge is 0.241 e. The maximum Gasteiger partial charge on any atom is 0.241 e. The number of benzene rings is 2. The number of halogens is 2. The Hall–Kier alpha value is -4.14. The summed E-state index contributed by atoms with van der Waals surface area (Å²) in [6.45, 7) is 0. The number of anilines is 1. The Labute approximate surface area is 175 Å². The highest BCUT2D eigenvalue weighted by Crippen LogP contribution is 2.38. The van der Waals surface area contributed by atoms with Crippen molar-refractivity contribution in [2.24, 2.45) is 0 Å². The molecule has 1 amide bonds. The zero-order valence-electron chi connectivity index (χ0n) is 16.3. The Morgan fingerprint density at radius 2 is 1.97 bits per heavy atom. The van der Waals surface area contributed by atoms with Gasteiger partial charge in [-0.25, -0.2) is 18.7 Å². The third kappa shape index (κ3) is 4.25. The number of hydrogen-bond acceptors (Lipinski definition) is 6. The summed E-state index contributed by atoms with van der Waals surface area (Å²) < 4.78 is 38.9. The first kappa shape index (κ1) is 20.1. The van der Waals surface area contributed by atoms with Gasteiger partial charge in [0.2, 0.25) is 11.8 Å². The van der Waals surface area contributed by atoms with E-state index < -0.39 is 17.5 Å². The quantitative estimate of drug-likeness (QED) is 0.499. The van der Waals surface area contributed by atoms with Crippen LogP contribution in [0.2, 0.25) is 0 Å². The molecule has 1 N–H and O–H groups in total. The fraction of sp³-hybridized carbons (Fsp3) is 0.0909. The lowest BCUT2D eigenvalue weighted by molar-refractivity contribution is -0.115. The van der Waals surface area contributed by atoms with Crippen molar-refractivity contribution in [2.75, 3.05) is 12.4 Å². The molecule has 0 aliphatic rings. The standard InChI is InChI=1S/C22H16F2N4O3/c1-30-14-6-7-15(17(24)11-14)21-20(18-8-9-25-12-26-18)22(31-28-21)27-19(29)10-13-4-2-3-5-16(13)23/h2-9,11-12H,10H2,1H3,(H,27,29).